The molecule has 1 aromatic carbocycles. The molecule has 0 bridgehead atoms. The topological polar surface area (TPSA) is 93.2 Å². The smallest absolute Gasteiger partial charge is 0.321 e. The van der Waals surface area contributed by atoms with E-state index in [1.165, 1.54) is 6.26 Å². The van der Waals surface area contributed by atoms with Crippen molar-refractivity contribution in [3.63, 3.8) is 0 Å². The van der Waals surface area contributed by atoms with E-state index in [0.29, 0.717) is 34.5 Å². The van der Waals surface area contributed by atoms with Crippen molar-refractivity contribution in [1.29, 1.82) is 0 Å². The molecule has 0 saturated carbocycles. The summed E-state index contributed by atoms with van der Waals surface area (Å²) < 4.78 is 10.1. The quantitative estimate of drug-likeness (QED) is 0.648. The van der Waals surface area contributed by atoms with Crippen LogP contribution in [-0.2, 0) is 0 Å². The third-order valence-electron chi connectivity index (χ3n) is 2.98. The fourth-order valence-corrected chi connectivity index (χ4v) is 2.46. The van der Waals surface area contributed by atoms with Gasteiger partial charge in [-0.15, -0.1) is 0 Å². The highest BCUT2D eigenvalue weighted by atomic mass is 35.5. The summed E-state index contributed by atoms with van der Waals surface area (Å²) in [4.78, 5) is 15.9. The van der Waals surface area contributed by atoms with Crippen LogP contribution in [0.1, 0.15) is 10.6 Å². The Morgan fingerprint density at radius 1 is 1.17 bits per heavy atom. The molecule has 2 aromatic heterocycles. The van der Waals surface area contributed by atoms with Gasteiger partial charge in [-0.25, -0.2) is 0 Å². The lowest BCUT2D eigenvalue weighted by Gasteiger charge is -2.02. The fourth-order valence-electron chi connectivity index (χ4n) is 1.94. The Bertz CT molecular complexity index is 813. The van der Waals surface area contributed by atoms with Gasteiger partial charge in [-0.2, -0.15) is 4.98 Å². The van der Waals surface area contributed by atoms with Crippen molar-refractivity contribution in [2.24, 2.45) is 0 Å². The van der Waals surface area contributed by atoms with Gasteiger partial charge in [0.2, 0.25) is 5.82 Å². The fraction of sp³-hybridized carbons (Fsp3) is 0.133. The Labute approximate surface area is 146 Å². The summed E-state index contributed by atoms with van der Waals surface area (Å²) >= 11 is 11.9. The van der Waals surface area contributed by atoms with E-state index in [0.717, 1.165) is 0 Å². The molecule has 0 atom stereocenters. The lowest BCUT2D eigenvalue weighted by atomic mass is 10.2. The van der Waals surface area contributed by atoms with Gasteiger partial charge in [-0.1, -0.05) is 28.4 Å². The normalized spacial score (nSPS) is 10.6. The molecule has 3 rings (SSSR count). The Morgan fingerprint density at radius 3 is 2.67 bits per heavy atom. The standard InChI is InChI=1S/C15H12Cl2N4O3/c16-10-6-9(7-11(17)8-10)13-20-15(24-21-13)19-4-3-18-14(22)12-2-1-5-23-12/h1-2,5-8H,3-4H2,(H,18,22)(H,19,20,21). The van der Waals surface area contributed by atoms with Crippen LogP contribution in [0.4, 0.5) is 6.01 Å². The second-order valence-electron chi connectivity index (χ2n) is 4.74. The van der Waals surface area contributed by atoms with Gasteiger partial charge in [-0.3, -0.25) is 4.79 Å². The molecule has 3 aromatic rings. The van der Waals surface area contributed by atoms with Crippen molar-refractivity contribution in [1.82, 2.24) is 15.5 Å². The highest BCUT2D eigenvalue weighted by Crippen LogP contribution is 2.25. The second kappa shape index (κ2) is 7.37. The van der Waals surface area contributed by atoms with Crippen LogP contribution in [0, 0.1) is 0 Å². The van der Waals surface area contributed by atoms with Gasteiger partial charge in [0.25, 0.3) is 5.91 Å². The molecule has 24 heavy (non-hydrogen) atoms. The summed E-state index contributed by atoms with van der Waals surface area (Å²) in [6, 6.07) is 8.46. The molecule has 2 heterocycles. The number of carbonyl (C=O) groups is 1. The Hall–Kier alpha value is -2.51. The number of hydrogen-bond donors (Lipinski definition) is 2. The zero-order valence-electron chi connectivity index (χ0n) is 12.3. The van der Waals surface area contributed by atoms with Crippen LogP contribution in [0.5, 0.6) is 0 Å². The van der Waals surface area contributed by atoms with Crippen molar-refractivity contribution in [3.05, 3.63) is 52.4 Å². The van der Waals surface area contributed by atoms with E-state index in [1.807, 2.05) is 0 Å². The summed E-state index contributed by atoms with van der Waals surface area (Å²) in [5.74, 6) is 0.330. The molecule has 1 amide bonds. The van der Waals surface area contributed by atoms with Gasteiger partial charge in [0.05, 0.1) is 6.26 Å². The average Bonchev–Trinajstić information content (AvgIpc) is 3.22. The molecular weight excluding hydrogens is 355 g/mol. The summed E-state index contributed by atoms with van der Waals surface area (Å²) in [5, 5.41) is 10.4. The summed E-state index contributed by atoms with van der Waals surface area (Å²) in [6.45, 7) is 0.768. The number of amides is 1. The van der Waals surface area contributed by atoms with Gasteiger partial charge in [-0.05, 0) is 30.3 Å². The molecule has 0 unspecified atom stereocenters. The predicted molar refractivity (Wildman–Crippen MR) is 89.3 cm³/mol. The zero-order valence-corrected chi connectivity index (χ0v) is 13.8. The number of anilines is 1. The van der Waals surface area contributed by atoms with Crippen LogP contribution >= 0.6 is 23.2 Å². The van der Waals surface area contributed by atoms with E-state index in [2.05, 4.69) is 20.8 Å². The number of nitrogens with one attached hydrogen (secondary N) is 2. The van der Waals surface area contributed by atoms with E-state index >= 15 is 0 Å². The molecule has 0 radical (unpaired) electrons. The van der Waals surface area contributed by atoms with E-state index < -0.39 is 0 Å². The predicted octanol–water partition coefficient (Wildman–Crippen LogP) is 3.48. The molecule has 0 fully saturated rings. The van der Waals surface area contributed by atoms with Crippen LogP contribution in [0.3, 0.4) is 0 Å². The summed E-state index contributed by atoms with van der Waals surface area (Å²) in [7, 11) is 0. The molecular formula is C15H12Cl2N4O3. The minimum Gasteiger partial charge on any atom is -0.459 e. The molecule has 7 nitrogen and oxygen atoms in total. The number of rotatable bonds is 6. The summed E-state index contributed by atoms with van der Waals surface area (Å²) in [6.07, 6.45) is 1.44. The molecule has 0 aliphatic heterocycles. The molecule has 2 N–H and O–H groups in total. The molecule has 0 aliphatic rings. The molecule has 0 aliphatic carbocycles. The zero-order chi connectivity index (χ0) is 16.9. The van der Waals surface area contributed by atoms with Crippen LogP contribution < -0.4 is 10.6 Å². The monoisotopic (exact) mass is 366 g/mol. The van der Waals surface area contributed by atoms with Crippen molar-refractivity contribution in [2.45, 2.75) is 0 Å². The first kappa shape index (κ1) is 16.4. The number of carbonyl (C=O) groups excluding carboxylic acids is 1. The number of nitrogens with zero attached hydrogens (tertiary/aromatic N) is 2. The molecule has 9 heteroatoms. The highest BCUT2D eigenvalue weighted by molar-refractivity contribution is 6.35. The number of aromatic nitrogens is 2. The van der Waals surface area contributed by atoms with Crippen LogP contribution in [0.2, 0.25) is 10.0 Å². The van der Waals surface area contributed by atoms with E-state index in [4.69, 9.17) is 32.1 Å². The Morgan fingerprint density at radius 2 is 1.96 bits per heavy atom. The van der Waals surface area contributed by atoms with Gasteiger partial charge < -0.3 is 19.6 Å². The van der Waals surface area contributed by atoms with E-state index in [9.17, 15) is 4.79 Å². The third kappa shape index (κ3) is 4.06. The van der Waals surface area contributed by atoms with Crippen LogP contribution in [0.25, 0.3) is 11.4 Å². The first-order valence-corrected chi connectivity index (χ1v) is 7.73. The number of hydrogen-bond acceptors (Lipinski definition) is 6. The minimum absolute atomic E-state index is 0.230. The second-order valence-corrected chi connectivity index (χ2v) is 5.61. The van der Waals surface area contributed by atoms with Crippen LogP contribution in [-0.4, -0.2) is 29.1 Å². The van der Waals surface area contributed by atoms with Crippen molar-refractivity contribution in [2.75, 3.05) is 18.4 Å². The Kier molecular flexibility index (Phi) is 5.02. The third-order valence-corrected chi connectivity index (χ3v) is 3.41. The molecule has 0 saturated heterocycles. The minimum atomic E-state index is -0.290. The van der Waals surface area contributed by atoms with E-state index in [-0.39, 0.29) is 17.7 Å². The lowest BCUT2D eigenvalue weighted by Crippen LogP contribution is -2.28. The largest absolute Gasteiger partial charge is 0.459 e. The maximum absolute atomic E-state index is 11.7. The maximum Gasteiger partial charge on any atom is 0.321 e. The molecule has 0 spiro atoms. The number of benzene rings is 1. The number of halogens is 2. The lowest BCUT2D eigenvalue weighted by molar-refractivity contribution is 0.0927. The first-order valence-electron chi connectivity index (χ1n) is 6.97. The van der Waals surface area contributed by atoms with Crippen molar-refractivity contribution >= 4 is 35.1 Å². The van der Waals surface area contributed by atoms with Gasteiger partial charge in [0, 0.05) is 28.7 Å². The molecule has 124 valence electrons. The van der Waals surface area contributed by atoms with Crippen LogP contribution in [0.15, 0.2) is 45.5 Å². The average molecular weight is 367 g/mol. The van der Waals surface area contributed by atoms with Crippen molar-refractivity contribution in [3.8, 4) is 11.4 Å². The van der Waals surface area contributed by atoms with E-state index in [1.54, 1.807) is 30.3 Å². The maximum atomic E-state index is 11.7. The van der Waals surface area contributed by atoms with Gasteiger partial charge >= 0.3 is 6.01 Å². The number of furan rings is 1. The first-order chi connectivity index (χ1) is 11.6. The highest BCUT2D eigenvalue weighted by Gasteiger charge is 2.10. The SMILES string of the molecule is O=C(NCCNc1nc(-c2cc(Cl)cc(Cl)c2)no1)c1ccco1. The van der Waals surface area contributed by atoms with Crippen molar-refractivity contribution < 1.29 is 13.7 Å². The Balaban J connectivity index is 1.52. The summed E-state index contributed by atoms with van der Waals surface area (Å²) in [5.41, 5.74) is 0.649. The van der Waals surface area contributed by atoms with Gasteiger partial charge in [0.15, 0.2) is 5.76 Å². The van der Waals surface area contributed by atoms with Gasteiger partial charge in [0.1, 0.15) is 0 Å².